The summed E-state index contributed by atoms with van der Waals surface area (Å²) in [4.78, 5) is 52.2. The Morgan fingerprint density at radius 1 is 1.23 bits per heavy atom. The minimum absolute atomic E-state index is 0.0569. The summed E-state index contributed by atoms with van der Waals surface area (Å²) in [6, 6.07) is 0.702. The first-order valence-corrected chi connectivity index (χ1v) is 7.21. The van der Waals surface area contributed by atoms with Crippen molar-refractivity contribution < 1.29 is 19.2 Å². The van der Waals surface area contributed by atoms with Crippen molar-refractivity contribution in [1.29, 1.82) is 0 Å². The maximum Gasteiger partial charge on any atom is 0.263 e. The molecule has 4 amide bonds. The molecular formula is C15H17N3O4. The van der Waals surface area contributed by atoms with Gasteiger partial charge in [-0.05, 0) is 18.1 Å². The molecule has 22 heavy (non-hydrogen) atoms. The SMILES string of the molecule is CC.O=C1CCC(N2C(=O)Cc3ccncc3C2=O)C(=O)N1. The molecule has 2 aliphatic heterocycles. The van der Waals surface area contributed by atoms with Crippen LogP contribution in [-0.2, 0) is 20.8 Å². The van der Waals surface area contributed by atoms with Crippen molar-refractivity contribution >= 4 is 23.6 Å². The summed E-state index contributed by atoms with van der Waals surface area (Å²) in [6.07, 6.45) is 3.25. The quantitative estimate of drug-likeness (QED) is 0.759. The molecule has 3 heterocycles. The third-order valence-electron chi connectivity index (χ3n) is 3.49. The molecule has 0 aliphatic carbocycles. The summed E-state index contributed by atoms with van der Waals surface area (Å²) < 4.78 is 0. The molecule has 0 spiro atoms. The van der Waals surface area contributed by atoms with Crippen LogP contribution in [0.3, 0.4) is 0 Å². The Balaban J connectivity index is 0.000000847. The van der Waals surface area contributed by atoms with Crippen molar-refractivity contribution in [2.24, 2.45) is 0 Å². The lowest BCUT2D eigenvalue weighted by Crippen LogP contribution is -2.57. The molecule has 2 aliphatic rings. The molecule has 7 nitrogen and oxygen atoms in total. The first-order valence-electron chi connectivity index (χ1n) is 7.21. The van der Waals surface area contributed by atoms with Gasteiger partial charge in [0, 0.05) is 18.8 Å². The first-order chi connectivity index (χ1) is 10.6. The van der Waals surface area contributed by atoms with Gasteiger partial charge in [0.1, 0.15) is 6.04 Å². The molecule has 0 radical (unpaired) electrons. The van der Waals surface area contributed by atoms with Crippen molar-refractivity contribution in [3.8, 4) is 0 Å². The lowest BCUT2D eigenvalue weighted by molar-refractivity contribution is -0.143. The lowest BCUT2D eigenvalue weighted by atomic mass is 9.96. The number of rotatable bonds is 1. The zero-order valence-corrected chi connectivity index (χ0v) is 12.5. The largest absolute Gasteiger partial charge is 0.295 e. The van der Waals surface area contributed by atoms with E-state index < -0.39 is 23.8 Å². The summed E-state index contributed by atoms with van der Waals surface area (Å²) in [6.45, 7) is 4.00. The van der Waals surface area contributed by atoms with Gasteiger partial charge in [-0.3, -0.25) is 34.4 Å². The number of imide groups is 2. The minimum Gasteiger partial charge on any atom is -0.295 e. The van der Waals surface area contributed by atoms with Crippen LogP contribution in [-0.4, -0.2) is 39.6 Å². The predicted molar refractivity (Wildman–Crippen MR) is 76.6 cm³/mol. The van der Waals surface area contributed by atoms with Crippen LogP contribution in [0.15, 0.2) is 18.5 Å². The van der Waals surface area contributed by atoms with Gasteiger partial charge in [-0.15, -0.1) is 0 Å². The number of nitrogens with one attached hydrogen (secondary N) is 1. The van der Waals surface area contributed by atoms with Crippen LogP contribution in [0.25, 0.3) is 0 Å². The number of piperidine rings is 1. The maximum absolute atomic E-state index is 12.4. The molecule has 1 atom stereocenters. The molecule has 0 bridgehead atoms. The van der Waals surface area contributed by atoms with E-state index in [2.05, 4.69) is 10.3 Å². The van der Waals surface area contributed by atoms with Gasteiger partial charge in [0.25, 0.3) is 5.91 Å². The van der Waals surface area contributed by atoms with E-state index in [-0.39, 0.29) is 25.2 Å². The Hall–Kier alpha value is -2.57. The fourth-order valence-corrected chi connectivity index (χ4v) is 2.50. The van der Waals surface area contributed by atoms with Crippen molar-refractivity contribution in [2.75, 3.05) is 0 Å². The van der Waals surface area contributed by atoms with Crippen LogP contribution in [0.4, 0.5) is 0 Å². The highest BCUT2D eigenvalue weighted by atomic mass is 16.2. The van der Waals surface area contributed by atoms with Crippen LogP contribution in [0.5, 0.6) is 0 Å². The van der Waals surface area contributed by atoms with Crippen molar-refractivity contribution in [2.45, 2.75) is 39.2 Å². The Morgan fingerprint density at radius 3 is 2.64 bits per heavy atom. The van der Waals surface area contributed by atoms with Gasteiger partial charge in [0.2, 0.25) is 17.7 Å². The summed E-state index contributed by atoms with van der Waals surface area (Å²) in [5, 5.41) is 2.15. The average molecular weight is 303 g/mol. The number of amides is 4. The van der Waals surface area contributed by atoms with Gasteiger partial charge in [-0.1, -0.05) is 13.8 Å². The molecule has 1 aromatic heterocycles. The fourth-order valence-electron chi connectivity index (χ4n) is 2.50. The van der Waals surface area contributed by atoms with E-state index in [0.717, 1.165) is 4.90 Å². The number of carbonyl (C=O) groups is 4. The monoisotopic (exact) mass is 303 g/mol. The van der Waals surface area contributed by atoms with Crippen molar-refractivity contribution in [3.05, 3.63) is 29.6 Å². The molecule has 3 rings (SSSR count). The second kappa shape index (κ2) is 6.46. The zero-order valence-electron chi connectivity index (χ0n) is 12.5. The molecule has 1 saturated heterocycles. The molecule has 1 aromatic rings. The van der Waals surface area contributed by atoms with E-state index in [4.69, 9.17) is 0 Å². The molecule has 0 saturated carbocycles. The minimum atomic E-state index is -0.916. The number of carbonyl (C=O) groups excluding carboxylic acids is 4. The molecule has 1 unspecified atom stereocenters. The second-order valence-corrected chi connectivity index (χ2v) is 4.75. The normalized spacial score (nSPS) is 20.8. The average Bonchev–Trinajstić information content (AvgIpc) is 2.51. The standard InChI is InChI=1S/C13H11N3O4.C2H6/c17-10-2-1-9(12(19)15-10)16-11(18)5-7-3-4-14-6-8(7)13(16)20;1-2/h3-4,6,9H,1-2,5H2,(H,15,17,19);1-2H3. The summed E-state index contributed by atoms with van der Waals surface area (Å²) in [5.74, 6) is -1.94. The van der Waals surface area contributed by atoms with Crippen LogP contribution in [0, 0.1) is 0 Å². The highest BCUT2D eigenvalue weighted by molar-refractivity contribution is 6.13. The van der Waals surface area contributed by atoms with E-state index in [1.165, 1.54) is 12.4 Å². The number of hydrogen-bond donors (Lipinski definition) is 1. The maximum atomic E-state index is 12.4. The molecule has 7 heteroatoms. The molecule has 116 valence electrons. The Labute approximate surface area is 127 Å². The Bertz CT molecular complexity index is 641. The van der Waals surface area contributed by atoms with E-state index in [1.807, 2.05) is 13.8 Å². The number of aromatic nitrogens is 1. The third kappa shape index (κ3) is 2.74. The lowest BCUT2D eigenvalue weighted by Gasteiger charge is -2.34. The number of fused-ring (bicyclic) bond motifs is 1. The summed E-state index contributed by atoms with van der Waals surface area (Å²) in [7, 11) is 0. The number of pyridine rings is 1. The zero-order chi connectivity index (χ0) is 16.3. The van der Waals surface area contributed by atoms with Crippen molar-refractivity contribution in [1.82, 2.24) is 15.2 Å². The highest BCUT2D eigenvalue weighted by Gasteiger charge is 2.41. The van der Waals surface area contributed by atoms with Crippen molar-refractivity contribution in [3.63, 3.8) is 0 Å². The first kappa shape index (κ1) is 15.8. The number of hydrogen-bond acceptors (Lipinski definition) is 5. The van der Waals surface area contributed by atoms with Crippen LogP contribution >= 0.6 is 0 Å². The molecule has 0 aromatic carbocycles. The van der Waals surface area contributed by atoms with Gasteiger partial charge >= 0.3 is 0 Å². The van der Waals surface area contributed by atoms with Gasteiger partial charge < -0.3 is 0 Å². The van der Waals surface area contributed by atoms with E-state index in [9.17, 15) is 19.2 Å². The second-order valence-electron chi connectivity index (χ2n) is 4.75. The van der Waals surface area contributed by atoms with E-state index in [0.29, 0.717) is 11.1 Å². The van der Waals surface area contributed by atoms with E-state index >= 15 is 0 Å². The molecule has 1 N–H and O–H groups in total. The Kier molecular flexibility index (Phi) is 4.65. The number of nitrogens with zero attached hydrogens (tertiary/aromatic N) is 2. The topological polar surface area (TPSA) is 96.4 Å². The van der Waals surface area contributed by atoms with Crippen LogP contribution in [0.2, 0.25) is 0 Å². The van der Waals surface area contributed by atoms with Gasteiger partial charge in [-0.2, -0.15) is 0 Å². The summed E-state index contributed by atoms with van der Waals surface area (Å²) in [5.41, 5.74) is 0.940. The van der Waals surface area contributed by atoms with Crippen LogP contribution < -0.4 is 5.32 Å². The third-order valence-corrected chi connectivity index (χ3v) is 3.49. The van der Waals surface area contributed by atoms with Gasteiger partial charge in [-0.25, -0.2) is 0 Å². The predicted octanol–water partition coefficient (Wildman–Crippen LogP) is 0.438. The van der Waals surface area contributed by atoms with E-state index in [1.54, 1.807) is 6.07 Å². The highest BCUT2D eigenvalue weighted by Crippen LogP contribution is 2.23. The van der Waals surface area contributed by atoms with Gasteiger partial charge in [0.15, 0.2) is 0 Å². The van der Waals surface area contributed by atoms with Crippen LogP contribution in [0.1, 0.15) is 42.6 Å². The fraction of sp³-hybridized carbons (Fsp3) is 0.400. The Morgan fingerprint density at radius 2 is 1.95 bits per heavy atom. The van der Waals surface area contributed by atoms with Gasteiger partial charge in [0.05, 0.1) is 12.0 Å². The molecular weight excluding hydrogens is 286 g/mol. The molecule has 1 fully saturated rings. The summed E-state index contributed by atoms with van der Waals surface area (Å²) >= 11 is 0. The smallest absolute Gasteiger partial charge is 0.263 e.